The fraction of sp³-hybridized carbons (Fsp3) is 0.571. The third-order valence-electron chi connectivity index (χ3n) is 3.36. The Bertz CT molecular complexity index is 419. The van der Waals surface area contributed by atoms with Crippen molar-refractivity contribution < 1.29 is 14.6 Å². The average molecular weight is 264 g/mol. The van der Waals surface area contributed by atoms with Gasteiger partial charge in [0.1, 0.15) is 5.82 Å². The predicted octanol–water partition coefficient (Wildman–Crippen LogP) is 1.83. The largest absolute Gasteiger partial charge is 0.462 e. The highest BCUT2D eigenvalue weighted by molar-refractivity contribution is 5.89. The summed E-state index contributed by atoms with van der Waals surface area (Å²) in [6, 6.07) is 3.48. The summed E-state index contributed by atoms with van der Waals surface area (Å²) in [4.78, 5) is 15.6. The van der Waals surface area contributed by atoms with Gasteiger partial charge in [0.2, 0.25) is 0 Å². The maximum Gasteiger partial charge on any atom is 0.339 e. The summed E-state index contributed by atoms with van der Waals surface area (Å²) in [5, 5.41) is 12.7. The molecular weight excluding hydrogens is 244 g/mol. The molecule has 104 valence electrons. The summed E-state index contributed by atoms with van der Waals surface area (Å²) in [5.74, 6) is 0.899. The molecule has 1 aromatic heterocycles. The Labute approximate surface area is 113 Å². The number of nitrogens with one attached hydrogen (secondary N) is 1. The van der Waals surface area contributed by atoms with Gasteiger partial charge in [-0.1, -0.05) is 0 Å². The van der Waals surface area contributed by atoms with Gasteiger partial charge in [-0.2, -0.15) is 0 Å². The monoisotopic (exact) mass is 264 g/mol. The highest BCUT2D eigenvalue weighted by Gasteiger charge is 2.22. The first kappa shape index (κ1) is 13.8. The topological polar surface area (TPSA) is 71.5 Å². The lowest BCUT2D eigenvalue weighted by Gasteiger charge is -2.11. The average Bonchev–Trinajstić information content (AvgIpc) is 2.83. The highest BCUT2D eigenvalue weighted by Crippen LogP contribution is 2.25. The first-order valence-corrected chi connectivity index (χ1v) is 6.74. The summed E-state index contributed by atoms with van der Waals surface area (Å²) >= 11 is 0. The maximum absolute atomic E-state index is 11.4. The molecule has 1 aliphatic rings. The van der Waals surface area contributed by atoms with Crippen LogP contribution in [0.4, 0.5) is 5.82 Å². The molecule has 0 bridgehead atoms. The number of rotatable bonds is 5. The van der Waals surface area contributed by atoms with Gasteiger partial charge in [0.25, 0.3) is 0 Å². The van der Waals surface area contributed by atoms with Crippen LogP contribution in [0, 0.1) is 5.92 Å². The van der Waals surface area contributed by atoms with Crippen LogP contribution in [0.5, 0.6) is 0 Å². The number of aliphatic hydroxyl groups is 1. The van der Waals surface area contributed by atoms with Gasteiger partial charge in [0.05, 0.1) is 18.3 Å². The molecular formula is C14H20N2O3. The molecule has 1 aromatic rings. The summed E-state index contributed by atoms with van der Waals surface area (Å²) in [6.07, 6.45) is 4.17. The Kier molecular flexibility index (Phi) is 4.74. The molecule has 0 amide bonds. The summed E-state index contributed by atoms with van der Waals surface area (Å²) in [5.41, 5.74) is 0.462. The Hall–Kier alpha value is -1.62. The zero-order valence-electron chi connectivity index (χ0n) is 11.1. The number of pyridine rings is 1. The molecule has 1 aliphatic carbocycles. The molecule has 2 N–H and O–H groups in total. The number of aliphatic hydroxyl groups excluding tert-OH is 1. The standard InChI is InChI=1S/C14H20N2O3/c1-2-19-14(18)11-4-6-13(16-9-11)15-8-10-3-5-12(17)7-10/h4,6,9-10,12,17H,2-3,5,7-8H2,1H3,(H,15,16). The zero-order chi connectivity index (χ0) is 13.7. The number of carbonyl (C=O) groups excluding carboxylic acids is 1. The normalized spacial score (nSPS) is 22.2. The van der Waals surface area contributed by atoms with Gasteiger partial charge in [-0.3, -0.25) is 0 Å². The van der Waals surface area contributed by atoms with Gasteiger partial charge < -0.3 is 15.2 Å². The number of aromatic nitrogens is 1. The van der Waals surface area contributed by atoms with E-state index in [1.54, 1.807) is 19.1 Å². The predicted molar refractivity (Wildman–Crippen MR) is 72.0 cm³/mol. The van der Waals surface area contributed by atoms with E-state index in [9.17, 15) is 9.90 Å². The molecule has 1 heterocycles. The number of hydrogen-bond acceptors (Lipinski definition) is 5. The van der Waals surface area contributed by atoms with E-state index in [0.29, 0.717) is 18.1 Å². The van der Waals surface area contributed by atoms with Crippen molar-refractivity contribution in [2.45, 2.75) is 32.3 Å². The lowest BCUT2D eigenvalue weighted by atomic mass is 10.1. The first-order valence-electron chi connectivity index (χ1n) is 6.74. The summed E-state index contributed by atoms with van der Waals surface area (Å²) < 4.78 is 4.89. The second-order valence-corrected chi connectivity index (χ2v) is 4.87. The number of anilines is 1. The maximum atomic E-state index is 11.4. The van der Waals surface area contributed by atoms with Gasteiger partial charge in [-0.15, -0.1) is 0 Å². The second kappa shape index (κ2) is 6.52. The second-order valence-electron chi connectivity index (χ2n) is 4.87. The summed E-state index contributed by atoms with van der Waals surface area (Å²) in [6.45, 7) is 2.95. The van der Waals surface area contributed by atoms with Crippen LogP contribution >= 0.6 is 0 Å². The molecule has 5 heteroatoms. The van der Waals surface area contributed by atoms with Crippen molar-refractivity contribution >= 4 is 11.8 Å². The minimum atomic E-state index is -0.347. The first-order chi connectivity index (χ1) is 9.19. The number of nitrogens with zero attached hydrogens (tertiary/aromatic N) is 1. The molecule has 0 spiro atoms. The molecule has 0 radical (unpaired) electrons. The van der Waals surface area contributed by atoms with Gasteiger partial charge in [-0.25, -0.2) is 9.78 Å². The van der Waals surface area contributed by atoms with Gasteiger partial charge in [-0.05, 0) is 44.2 Å². The van der Waals surface area contributed by atoms with Crippen molar-refractivity contribution in [2.75, 3.05) is 18.5 Å². The van der Waals surface area contributed by atoms with E-state index in [1.165, 1.54) is 6.20 Å². The third kappa shape index (κ3) is 3.92. The number of esters is 1. The zero-order valence-corrected chi connectivity index (χ0v) is 11.1. The minimum absolute atomic E-state index is 0.147. The van der Waals surface area contributed by atoms with E-state index in [-0.39, 0.29) is 12.1 Å². The van der Waals surface area contributed by atoms with E-state index in [1.807, 2.05) is 0 Å². The lowest BCUT2D eigenvalue weighted by Crippen LogP contribution is -2.13. The molecule has 2 atom stereocenters. The van der Waals surface area contributed by atoms with Crippen molar-refractivity contribution in [1.29, 1.82) is 0 Å². The van der Waals surface area contributed by atoms with Crippen molar-refractivity contribution in [1.82, 2.24) is 4.98 Å². The van der Waals surface area contributed by atoms with Crippen LogP contribution in [0.25, 0.3) is 0 Å². The van der Waals surface area contributed by atoms with Gasteiger partial charge in [0, 0.05) is 12.7 Å². The van der Waals surface area contributed by atoms with Crippen molar-refractivity contribution in [2.24, 2.45) is 5.92 Å². The van der Waals surface area contributed by atoms with E-state index >= 15 is 0 Å². The van der Waals surface area contributed by atoms with E-state index < -0.39 is 0 Å². The Morgan fingerprint density at radius 2 is 2.37 bits per heavy atom. The molecule has 0 saturated heterocycles. The van der Waals surface area contributed by atoms with Crippen LogP contribution in [0.1, 0.15) is 36.5 Å². The Morgan fingerprint density at radius 3 is 2.95 bits per heavy atom. The molecule has 1 fully saturated rings. The smallest absolute Gasteiger partial charge is 0.339 e. The Balaban J connectivity index is 1.83. The SMILES string of the molecule is CCOC(=O)c1ccc(NCC2CCC(O)C2)nc1. The fourth-order valence-corrected chi connectivity index (χ4v) is 2.32. The molecule has 19 heavy (non-hydrogen) atoms. The van der Waals surface area contributed by atoms with Gasteiger partial charge >= 0.3 is 5.97 Å². The van der Waals surface area contributed by atoms with Crippen LogP contribution in [0.15, 0.2) is 18.3 Å². The fourth-order valence-electron chi connectivity index (χ4n) is 2.32. The molecule has 5 nitrogen and oxygen atoms in total. The summed E-state index contributed by atoms with van der Waals surface area (Å²) in [7, 11) is 0. The van der Waals surface area contributed by atoms with E-state index in [2.05, 4.69) is 10.3 Å². The van der Waals surface area contributed by atoms with E-state index in [4.69, 9.17) is 4.74 Å². The Morgan fingerprint density at radius 1 is 1.53 bits per heavy atom. The minimum Gasteiger partial charge on any atom is -0.462 e. The van der Waals surface area contributed by atoms with Crippen LogP contribution in [0.3, 0.4) is 0 Å². The van der Waals surface area contributed by atoms with Crippen LogP contribution in [0.2, 0.25) is 0 Å². The number of carbonyl (C=O) groups is 1. The number of ether oxygens (including phenoxy) is 1. The van der Waals surface area contributed by atoms with Crippen LogP contribution in [-0.2, 0) is 4.74 Å². The van der Waals surface area contributed by atoms with Gasteiger partial charge in [0.15, 0.2) is 0 Å². The van der Waals surface area contributed by atoms with Crippen molar-refractivity contribution in [3.05, 3.63) is 23.9 Å². The molecule has 2 unspecified atom stereocenters. The quantitative estimate of drug-likeness (QED) is 0.794. The molecule has 0 aromatic carbocycles. The lowest BCUT2D eigenvalue weighted by molar-refractivity contribution is 0.0526. The van der Waals surface area contributed by atoms with Crippen LogP contribution < -0.4 is 5.32 Å². The van der Waals surface area contributed by atoms with Crippen LogP contribution in [-0.4, -0.2) is 35.3 Å². The molecule has 1 saturated carbocycles. The third-order valence-corrected chi connectivity index (χ3v) is 3.36. The van der Waals surface area contributed by atoms with Crippen molar-refractivity contribution in [3.63, 3.8) is 0 Å². The molecule has 0 aliphatic heterocycles. The highest BCUT2D eigenvalue weighted by atomic mass is 16.5. The molecule has 2 rings (SSSR count). The van der Waals surface area contributed by atoms with E-state index in [0.717, 1.165) is 31.6 Å². The van der Waals surface area contributed by atoms with Crippen molar-refractivity contribution in [3.8, 4) is 0 Å². The number of hydrogen-bond donors (Lipinski definition) is 2.